The van der Waals surface area contributed by atoms with Gasteiger partial charge in [0.2, 0.25) is 0 Å². The lowest BCUT2D eigenvalue weighted by Crippen LogP contribution is -2.50. The van der Waals surface area contributed by atoms with Crippen LogP contribution in [0.4, 0.5) is 0 Å². The van der Waals surface area contributed by atoms with Gasteiger partial charge in [-0.2, -0.15) is 0 Å². The highest BCUT2D eigenvalue weighted by Gasteiger charge is 2.46. The maximum absolute atomic E-state index is 12.3. The molecule has 1 atom stereocenters. The van der Waals surface area contributed by atoms with Crippen molar-refractivity contribution in [2.75, 3.05) is 6.54 Å². The minimum atomic E-state index is -1.10. The molecule has 1 aromatic heterocycles. The summed E-state index contributed by atoms with van der Waals surface area (Å²) in [6.45, 7) is 3.92. The van der Waals surface area contributed by atoms with Gasteiger partial charge in [0.1, 0.15) is 5.54 Å². The normalized spacial score (nSPS) is 23.1. The first-order valence-electron chi connectivity index (χ1n) is 5.93. The van der Waals surface area contributed by atoms with E-state index in [1.54, 1.807) is 19.1 Å². The Labute approximate surface area is 105 Å². The van der Waals surface area contributed by atoms with Crippen LogP contribution in [-0.2, 0) is 4.79 Å². The summed E-state index contributed by atoms with van der Waals surface area (Å²) in [5, 5.41) is 9.27. The van der Waals surface area contributed by atoms with Gasteiger partial charge in [0, 0.05) is 18.4 Å². The van der Waals surface area contributed by atoms with Crippen LogP contribution in [0.15, 0.2) is 18.3 Å². The highest BCUT2D eigenvalue weighted by Crippen LogP contribution is 2.30. The minimum Gasteiger partial charge on any atom is -0.480 e. The molecule has 0 bridgehead atoms. The molecule has 0 saturated carbocycles. The van der Waals surface area contributed by atoms with Crippen LogP contribution in [0.25, 0.3) is 0 Å². The van der Waals surface area contributed by atoms with Crippen molar-refractivity contribution in [2.45, 2.75) is 32.2 Å². The first-order chi connectivity index (χ1) is 8.45. The zero-order valence-corrected chi connectivity index (χ0v) is 10.5. The lowest BCUT2D eigenvalue weighted by molar-refractivity contribution is -0.147. The van der Waals surface area contributed by atoms with Gasteiger partial charge in [-0.25, -0.2) is 4.79 Å². The predicted molar refractivity (Wildman–Crippen MR) is 65.3 cm³/mol. The van der Waals surface area contributed by atoms with Gasteiger partial charge in [0.05, 0.1) is 5.56 Å². The molecule has 1 amide bonds. The van der Waals surface area contributed by atoms with Crippen LogP contribution in [0.5, 0.6) is 0 Å². The van der Waals surface area contributed by atoms with Gasteiger partial charge in [-0.15, -0.1) is 0 Å². The van der Waals surface area contributed by atoms with Crippen molar-refractivity contribution in [3.05, 3.63) is 29.6 Å². The van der Waals surface area contributed by atoms with Gasteiger partial charge >= 0.3 is 5.97 Å². The number of likely N-dealkylation sites (tertiary alicyclic amines) is 1. The number of pyridine rings is 1. The lowest BCUT2D eigenvalue weighted by Gasteiger charge is -2.31. The van der Waals surface area contributed by atoms with Crippen LogP contribution in [0.2, 0.25) is 0 Å². The van der Waals surface area contributed by atoms with E-state index in [0.717, 1.165) is 5.69 Å². The van der Waals surface area contributed by atoms with Gasteiger partial charge in [0.15, 0.2) is 0 Å². The fourth-order valence-corrected chi connectivity index (χ4v) is 2.26. The summed E-state index contributed by atoms with van der Waals surface area (Å²) in [6.07, 6.45) is 2.71. The average molecular weight is 248 g/mol. The van der Waals surface area contributed by atoms with Gasteiger partial charge < -0.3 is 10.0 Å². The number of carboxylic acids is 1. The molecule has 0 aliphatic carbocycles. The number of aromatic nitrogens is 1. The molecule has 96 valence electrons. The van der Waals surface area contributed by atoms with Gasteiger partial charge in [-0.05, 0) is 38.8 Å². The molecule has 18 heavy (non-hydrogen) atoms. The summed E-state index contributed by atoms with van der Waals surface area (Å²) < 4.78 is 0. The van der Waals surface area contributed by atoms with Crippen LogP contribution in [0.3, 0.4) is 0 Å². The quantitative estimate of drug-likeness (QED) is 0.860. The number of amides is 1. The third-order valence-electron chi connectivity index (χ3n) is 3.51. The highest BCUT2D eigenvalue weighted by atomic mass is 16.4. The van der Waals surface area contributed by atoms with Crippen LogP contribution in [0, 0.1) is 6.92 Å². The third-order valence-corrected chi connectivity index (χ3v) is 3.51. The Morgan fingerprint density at radius 3 is 2.72 bits per heavy atom. The first kappa shape index (κ1) is 12.5. The minimum absolute atomic E-state index is 0.259. The summed E-state index contributed by atoms with van der Waals surface area (Å²) in [7, 11) is 0. The summed E-state index contributed by atoms with van der Waals surface area (Å²) in [5.41, 5.74) is 0.172. The van der Waals surface area contributed by atoms with Crippen molar-refractivity contribution in [1.82, 2.24) is 9.88 Å². The average Bonchev–Trinajstić information content (AvgIpc) is 2.73. The molecular formula is C13H16N2O3. The van der Waals surface area contributed by atoms with Crippen molar-refractivity contribution in [1.29, 1.82) is 0 Å². The van der Waals surface area contributed by atoms with Crippen molar-refractivity contribution < 1.29 is 14.7 Å². The van der Waals surface area contributed by atoms with E-state index in [0.29, 0.717) is 24.9 Å². The zero-order valence-electron chi connectivity index (χ0n) is 10.5. The Bertz CT molecular complexity index is 484. The summed E-state index contributed by atoms with van der Waals surface area (Å²) in [6, 6.07) is 3.44. The van der Waals surface area contributed by atoms with Gasteiger partial charge in [0.25, 0.3) is 5.91 Å². The second-order valence-electron chi connectivity index (χ2n) is 4.83. The lowest BCUT2D eigenvalue weighted by atomic mass is 9.99. The van der Waals surface area contributed by atoms with Gasteiger partial charge in [-0.3, -0.25) is 9.78 Å². The molecule has 0 aromatic carbocycles. The standard InChI is InChI=1S/C13H16N2O3/c1-9-4-5-10(8-14-9)11(16)15-7-3-6-13(15,2)12(17)18/h4-5,8H,3,6-7H2,1-2H3,(H,17,18). The fourth-order valence-electron chi connectivity index (χ4n) is 2.26. The van der Waals surface area contributed by atoms with E-state index >= 15 is 0 Å². The van der Waals surface area contributed by atoms with Crippen LogP contribution in [0.1, 0.15) is 35.8 Å². The van der Waals surface area contributed by atoms with E-state index in [1.165, 1.54) is 11.1 Å². The molecule has 5 nitrogen and oxygen atoms in total. The first-order valence-corrected chi connectivity index (χ1v) is 5.93. The van der Waals surface area contributed by atoms with Crippen molar-refractivity contribution in [3.8, 4) is 0 Å². The molecule has 5 heteroatoms. The van der Waals surface area contributed by atoms with E-state index in [-0.39, 0.29) is 5.91 Å². The molecule has 1 aliphatic heterocycles. The molecule has 1 saturated heterocycles. The Morgan fingerprint density at radius 2 is 2.17 bits per heavy atom. The summed E-state index contributed by atoms with van der Waals surface area (Å²) in [4.78, 5) is 29.1. The molecule has 1 aromatic rings. The molecule has 0 radical (unpaired) electrons. The molecule has 2 rings (SSSR count). The van der Waals surface area contributed by atoms with Crippen LogP contribution < -0.4 is 0 Å². The fraction of sp³-hybridized carbons (Fsp3) is 0.462. The third kappa shape index (κ3) is 1.96. The Balaban J connectivity index is 2.28. The number of carboxylic acid groups (broad SMARTS) is 1. The SMILES string of the molecule is Cc1ccc(C(=O)N2CCCC2(C)C(=O)O)cn1. The van der Waals surface area contributed by atoms with E-state index in [9.17, 15) is 14.7 Å². The molecule has 0 spiro atoms. The topological polar surface area (TPSA) is 70.5 Å². The Kier molecular flexibility index (Phi) is 3.07. The largest absolute Gasteiger partial charge is 0.480 e. The van der Waals surface area contributed by atoms with Crippen molar-refractivity contribution >= 4 is 11.9 Å². The predicted octanol–water partition coefficient (Wildman–Crippen LogP) is 1.47. The molecule has 2 heterocycles. The molecule has 1 fully saturated rings. The number of aliphatic carboxylic acids is 1. The van der Waals surface area contributed by atoms with Crippen LogP contribution in [-0.4, -0.2) is 39.0 Å². The number of rotatable bonds is 2. The number of nitrogens with zero attached hydrogens (tertiary/aromatic N) is 2. The summed E-state index contributed by atoms with van der Waals surface area (Å²) in [5.74, 6) is -1.21. The summed E-state index contributed by atoms with van der Waals surface area (Å²) >= 11 is 0. The number of aryl methyl sites for hydroxylation is 1. The van der Waals surface area contributed by atoms with Gasteiger partial charge in [-0.1, -0.05) is 0 Å². The monoisotopic (exact) mass is 248 g/mol. The number of hydrogen-bond donors (Lipinski definition) is 1. The smallest absolute Gasteiger partial charge is 0.329 e. The van der Waals surface area contributed by atoms with E-state index in [4.69, 9.17) is 0 Å². The second kappa shape index (κ2) is 4.40. The van der Waals surface area contributed by atoms with Crippen molar-refractivity contribution in [3.63, 3.8) is 0 Å². The maximum Gasteiger partial charge on any atom is 0.329 e. The molecule has 1 aliphatic rings. The number of carbonyl (C=O) groups is 2. The number of hydrogen-bond acceptors (Lipinski definition) is 3. The van der Waals surface area contributed by atoms with E-state index in [2.05, 4.69) is 4.98 Å². The van der Waals surface area contributed by atoms with E-state index < -0.39 is 11.5 Å². The maximum atomic E-state index is 12.3. The Hall–Kier alpha value is -1.91. The van der Waals surface area contributed by atoms with Crippen molar-refractivity contribution in [2.24, 2.45) is 0 Å². The van der Waals surface area contributed by atoms with E-state index in [1.807, 2.05) is 6.92 Å². The Morgan fingerprint density at radius 1 is 1.44 bits per heavy atom. The second-order valence-corrected chi connectivity index (χ2v) is 4.83. The molecule has 1 N–H and O–H groups in total. The number of carbonyl (C=O) groups excluding carboxylic acids is 1. The molecule has 1 unspecified atom stereocenters. The molecular weight excluding hydrogens is 232 g/mol. The highest BCUT2D eigenvalue weighted by molar-refractivity contribution is 5.97. The zero-order chi connectivity index (χ0) is 13.3. The van der Waals surface area contributed by atoms with Crippen LogP contribution >= 0.6 is 0 Å².